The topological polar surface area (TPSA) is 55.4 Å². The number of amides is 1. The van der Waals surface area contributed by atoms with Crippen LogP contribution < -0.4 is 5.32 Å². The average Bonchev–Trinajstić information content (AvgIpc) is 3.01. The molecule has 0 unspecified atom stereocenters. The third-order valence-corrected chi connectivity index (χ3v) is 6.52. The van der Waals surface area contributed by atoms with Crippen LogP contribution in [0.5, 0.6) is 0 Å². The van der Waals surface area contributed by atoms with E-state index < -0.39 is 0 Å². The summed E-state index contributed by atoms with van der Waals surface area (Å²) in [7, 11) is 0. The summed E-state index contributed by atoms with van der Waals surface area (Å²) >= 11 is 3.64. The van der Waals surface area contributed by atoms with Crippen LogP contribution in [0.2, 0.25) is 0 Å². The summed E-state index contributed by atoms with van der Waals surface area (Å²) in [6.45, 7) is 4.02. The van der Waals surface area contributed by atoms with Crippen molar-refractivity contribution < 1.29 is 14.3 Å². The van der Waals surface area contributed by atoms with E-state index in [2.05, 4.69) is 27.3 Å². The lowest BCUT2D eigenvalue weighted by Crippen LogP contribution is -2.40. The minimum atomic E-state index is -0.276. The van der Waals surface area contributed by atoms with Crippen molar-refractivity contribution in [1.82, 2.24) is 0 Å². The van der Waals surface area contributed by atoms with Gasteiger partial charge in [0.15, 0.2) is 0 Å². The van der Waals surface area contributed by atoms with Gasteiger partial charge >= 0.3 is 5.97 Å². The summed E-state index contributed by atoms with van der Waals surface area (Å²) in [5.74, 6) is -0.380. The molecule has 1 amide bonds. The van der Waals surface area contributed by atoms with Crippen molar-refractivity contribution in [2.75, 3.05) is 5.32 Å². The lowest BCUT2D eigenvalue weighted by molar-refractivity contribution is -0.145. The van der Waals surface area contributed by atoms with Crippen molar-refractivity contribution in [3.05, 3.63) is 29.3 Å². The molecule has 4 rings (SSSR count). The third kappa shape index (κ3) is 1.94. The number of hydrogen-bond donors (Lipinski definition) is 1. The van der Waals surface area contributed by atoms with Crippen LogP contribution >= 0.6 is 15.9 Å². The molecule has 5 heteroatoms. The standard InChI is InChI=1S/C17H18BrNO3/c1-7-3-8(2)5-9(4-7)19-16(20)12-10-6-11-13(12)17(21)22-15(11)14(10)18/h3-5,10-15H,6H2,1-2H3,(H,19,20)/t10-,11-,12-,13+,14+,15+/m1/s1. The maximum Gasteiger partial charge on any atom is 0.310 e. The largest absolute Gasteiger partial charge is 0.461 e. The highest BCUT2D eigenvalue weighted by Gasteiger charge is 2.67. The Bertz CT molecular complexity index is 654. The summed E-state index contributed by atoms with van der Waals surface area (Å²) in [5, 5.41) is 3.01. The molecule has 4 nitrogen and oxygen atoms in total. The summed E-state index contributed by atoms with van der Waals surface area (Å²) in [4.78, 5) is 25.0. The number of fused-ring (bicyclic) bond motifs is 1. The molecule has 0 spiro atoms. The zero-order valence-corrected chi connectivity index (χ0v) is 14.1. The number of hydrogen-bond acceptors (Lipinski definition) is 3. The molecule has 0 aromatic heterocycles. The lowest BCUT2D eigenvalue weighted by Gasteiger charge is -2.27. The Kier molecular flexibility index (Phi) is 3.12. The maximum absolute atomic E-state index is 12.8. The number of rotatable bonds is 2. The van der Waals surface area contributed by atoms with Crippen molar-refractivity contribution in [3.8, 4) is 0 Å². The fourth-order valence-electron chi connectivity index (χ4n) is 4.60. The number of anilines is 1. The van der Waals surface area contributed by atoms with Gasteiger partial charge in [-0.1, -0.05) is 22.0 Å². The van der Waals surface area contributed by atoms with E-state index in [-0.39, 0.29) is 46.5 Å². The number of aryl methyl sites for hydroxylation is 2. The normalized spacial score (nSPS) is 38.2. The Morgan fingerprint density at radius 3 is 2.59 bits per heavy atom. The van der Waals surface area contributed by atoms with E-state index in [9.17, 15) is 9.59 Å². The molecule has 2 saturated carbocycles. The van der Waals surface area contributed by atoms with Crippen LogP contribution in [0.15, 0.2) is 18.2 Å². The molecule has 22 heavy (non-hydrogen) atoms. The van der Waals surface area contributed by atoms with E-state index >= 15 is 0 Å². The van der Waals surface area contributed by atoms with Crippen LogP contribution in [-0.4, -0.2) is 22.8 Å². The Balaban J connectivity index is 1.59. The molecule has 1 saturated heterocycles. The minimum Gasteiger partial charge on any atom is -0.461 e. The Labute approximate surface area is 137 Å². The first kappa shape index (κ1) is 14.2. The Morgan fingerprint density at radius 1 is 1.23 bits per heavy atom. The Morgan fingerprint density at radius 2 is 1.91 bits per heavy atom. The first-order valence-electron chi connectivity index (χ1n) is 7.69. The number of esters is 1. The SMILES string of the molecule is Cc1cc(C)cc(NC(=O)[C@@H]2[C@H]3C[C@H]4[C@H](OC(=O)[C@@H]42)[C@H]3Br)c1. The molecule has 116 valence electrons. The zero-order valence-electron chi connectivity index (χ0n) is 12.5. The maximum atomic E-state index is 12.8. The quantitative estimate of drug-likeness (QED) is 0.649. The Hall–Kier alpha value is -1.36. The number of nitrogens with one attached hydrogen (secondary N) is 1. The summed E-state index contributed by atoms with van der Waals surface area (Å²) in [6, 6.07) is 5.99. The van der Waals surface area contributed by atoms with Gasteiger partial charge in [0.25, 0.3) is 0 Å². The second kappa shape index (κ2) is 4.82. The second-order valence-corrected chi connectivity index (χ2v) is 7.88. The van der Waals surface area contributed by atoms with Gasteiger partial charge in [0, 0.05) is 11.6 Å². The number of halogens is 1. The molecule has 0 radical (unpaired) electrons. The predicted octanol–water partition coefficient (Wildman–Crippen LogP) is 2.81. The molecule has 2 aliphatic carbocycles. The van der Waals surface area contributed by atoms with Crippen molar-refractivity contribution in [1.29, 1.82) is 0 Å². The third-order valence-electron chi connectivity index (χ3n) is 5.32. The number of alkyl halides is 1. The van der Waals surface area contributed by atoms with Crippen molar-refractivity contribution in [3.63, 3.8) is 0 Å². The minimum absolute atomic E-state index is 0.0345. The number of carbonyl (C=O) groups excluding carboxylic acids is 2. The molecule has 3 aliphatic rings. The summed E-state index contributed by atoms with van der Waals surface area (Å²) < 4.78 is 5.45. The van der Waals surface area contributed by atoms with Crippen LogP contribution in [-0.2, 0) is 14.3 Å². The van der Waals surface area contributed by atoms with E-state index in [4.69, 9.17) is 4.74 Å². The molecule has 3 fully saturated rings. The van der Waals surface area contributed by atoms with Gasteiger partial charge in [-0.2, -0.15) is 0 Å². The molecule has 1 aromatic rings. The van der Waals surface area contributed by atoms with Crippen molar-refractivity contribution in [2.24, 2.45) is 23.7 Å². The second-order valence-electron chi connectivity index (χ2n) is 6.83. The van der Waals surface area contributed by atoms with Crippen LogP contribution in [0.3, 0.4) is 0 Å². The van der Waals surface area contributed by atoms with Gasteiger partial charge in [-0.15, -0.1) is 0 Å². The van der Waals surface area contributed by atoms with Crippen molar-refractivity contribution >= 4 is 33.5 Å². The van der Waals surface area contributed by atoms with Gasteiger partial charge in [0.05, 0.1) is 16.7 Å². The average molecular weight is 364 g/mol. The number of benzene rings is 1. The summed E-state index contributed by atoms with van der Waals surface area (Å²) in [6.07, 6.45) is 0.870. The van der Waals surface area contributed by atoms with Gasteiger partial charge in [-0.25, -0.2) is 0 Å². The lowest BCUT2D eigenvalue weighted by atomic mass is 9.79. The first-order valence-corrected chi connectivity index (χ1v) is 8.61. The van der Waals surface area contributed by atoms with Gasteiger partial charge in [0.1, 0.15) is 6.10 Å². The van der Waals surface area contributed by atoms with E-state index in [0.29, 0.717) is 0 Å². The summed E-state index contributed by atoms with van der Waals surface area (Å²) in [5.41, 5.74) is 3.03. The van der Waals surface area contributed by atoms with Crippen LogP contribution in [0.25, 0.3) is 0 Å². The van der Waals surface area contributed by atoms with E-state index in [1.54, 1.807) is 0 Å². The zero-order chi connectivity index (χ0) is 15.6. The monoisotopic (exact) mass is 363 g/mol. The van der Waals surface area contributed by atoms with E-state index in [0.717, 1.165) is 23.2 Å². The predicted molar refractivity (Wildman–Crippen MR) is 85.7 cm³/mol. The van der Waals surface area contributed by atoms with E-state index in [1.807, 2.05) is 26.0 Å². The van der Waals surface area contributed by atoms with Gasteiger partial charge < -0.3 is 10.1 Å². The highest BCUT2D eigenvalue weighted by Crippen LogP contribution is 2.60. The van der Waals surface area contributed by atoms with Gasteiger partial charge in [-0.3, -0.25) is 9.59 Å². The fraction of sp³-hybridized carbons (Fsp3) is 0.529. The smallest absolute Gasteiger partial charge is 0.310 e. The van der Waals surface area contributed by atoms with Gasteiger partial charge in [-0.05, 0) is 49.4 Å². The molecular formula is C17H18BrNO3. The highest BCUT2D eigenvalue weighted by molar-refractivity contribution is 9.09. The molecule has 1 aliphatic heterocycles. The molecular weight excluding hydrogens is 346 g/mol. The molecule has 1 N–H and O–H groups in total. The molecule has 6 atom stereocenters. The number of carbonyl (C=O) groups is 2. The highest BCUT2D eigenvalue weighted by atomic mass is 79.9. The first-order chi connectivity index (χ1) is 10.5. The number of ether oxygens (including phenoxy) is 1. The van der Waals surface area contributed by atoms with Crippen LogP contribution in [0.1, 0.15) is 17.5 Å². The van der Waals surface area contributed by atoms with E-state index in [1.165, 1.54) is 0 Å². The molecule has 1 aromatic carbocycles. The van der Waals surface area contributed by atoms with Crippen molar-refractivity contribution in [2.45, 2.75) is 31.2 Å². The van der Waals surface area contributed by atoms with Gasteiger partial charge in [0.2, 0.25) is 5.91 Å². The fourth-order valence-corrected chi connectivity index (χ4v) is 5.65. The van der Waals surface area contributed by atoms with Crippen LogP contribution in [0.4, 0.5) is 5.69 Å². The molecule has 2 bridgehead atoms. The molecule has 1 heterocycles. The van der Waals surface area contributed by atoms with Crippen LogP contribution in [0, 0.1) is 37.5 Å².